The Morgan fingerprint density at radius 2 is 1.90 bits per heavy atom. The number of nitrogens with one attached hydrogen (secondary N) is 1. The molecule has 3 heteroatoms. The Bertz CT molecular complexity index is 585. The van der Waals surface area contributed by atoms with E-state index in [4.69, 9.17) is 11.6 Å². The van der Waals surface area contributed by atoms with Crippen LogP contribution < -0.4 is 5.32 Å². The third-order valence-corrected chi connectivity index (χ3v) is 4.53. The van der Waals surface area contributed by atoms with Crippen LogP contribution in [0.15, 0.2) is 54.6 Å². The van der Waals surface area contributed by atoms with Crippen molar-refractivity contribution in [2.24, 2.45) is 0 Å². The van der Waals surface area contributed by atoms with Gasteiger partial charge < -0.3 is 5.32 Å². The Hall–Kier alpha value is -1.35. The van der Waals surface area contributed by atoms with Gasteiger partial charge in [-0.1, -0.05) is 54.1 Å². The van der Waals surface area contributed by atoms with Crippen LogP contribution >= 0.6 is 11.6 Å². The van der Waals surface area contributed by atoms with Crippen LogP contribution in [-0.2, 0) is 6.54 Å². The molecule has 21 heavy (non-hydrogen) atoms. The molecule has 2 aromatic rings. The van der Waals surface area contributed by atoms with Gasteiger partial charge in [0.1, 0.15) is 0 Å². The molecule has 0 amide bonds. The van der Waals surface area contributed by atoms with Gasteiger partial charge in [-0.05, 0) is 30.3 Å². The van der Waals surface area contributed by atoms with E-state index in [0.29, 0.717) is 12.0 Å². The molecule has 1 aliphatic heterocycles. The lowest BCUT2D eigenvalue weighted by Gasteiger charge is -2.18. The summed E-state index contributed by atoms with van der Waals surface area (Å²) in [5.41, 5.74) is 2.71. The number of hydrogen-bond acceptors (Lipinski definition) is 2. The monoisotopic (exact) mass is 300 g/mol. The largest absolute Gasteiger partial charge is 0.315 e. The van der Waals surface area contributed by atoms with Gasteiger partial charge >= 0.3 is 0 Å². The molecule has 1 heterocycles. The first-order valence-electron chi connectivity index (χ1n) is 7.45. The zero-order chi connectivity index (χ0) is 14.7. The van der Waals surface area contributed by atoms with Gasteiger partial charge in [-0.3, -0.25) is 4.90 Å². The number of rotatable bonds is 4. The maximum absolute atomic E-state index is 6.15. The van der Waals surface area contributed by atoms with Gasteiger partial charge in [-0.25, -0.2) is 0 Å². The van der Waals surface area contributed by atoms with E-state index in [9.17, 15) is 0 Å². The van der Waals surface area contributed by atoms with E-state index in [1.807, 2.05) is 19.2 Å². The van der Waals surface area contributed by atoms with Gasteiger partial charge in [-0.2, -0.15) is 0 Å². The van der Waals surface area contributed by atoms with Crippen molar-refractivity contribution in [1.29, 1.82) is 0 Å². The lowest BCUT2D eigenvalue weighted by Crippen LogP contribution is -2.32. The minimum absolute atomic E-state index is 0.479. The molecule has 1 N–H and O–H groups in total. The predicted molar refractivity (Wildman–Crippen MR) is 88.8 cm³/mol. The second-order valence-corrected chi connectivity index (χ2v) is 6.17. The van der Waals surface area contributed by atoms with Gasteiger partial charge in [0, 0.05) is 36.6 Å². The fourth-order valence-corrected chi connectivity index (χ4v) is 3.42. The summed E-state index contributed by atoms with van der Waals surface area (Å²) >= 11 is 6.15. The van der Waals surface area contributed by atoms with Gasteiger partial charge in [0.25, 0.3) is 0 Å². The molecule has 110 valence electrons. The zero-order valence-electron chi connectivity index (χ0n) is 12.3. The van der Waals surface area contributed by atoms with Crippen LogP contribution in [0.25, 0.3) is 0 Å². The maximum Gasteiger partial charge on any atom is 0.0408 e. The summed E-state index contributed by atoms with van der Waals surface area (Å²) in [6, 6.07) is 19.4. The molecule has 2 atom stereocenters. The molecule has 2 aromatic carbocycles. The molecule has 0 saturated carbocycles. The summed E-state index contributed by atoms with van der Waals surface area (Å²) in [6.45, 7) is 3.15. The molecule has 2 nitrogen and oxygen atoms in total. The number of likely N-dealkylation sites (tertiary alicyclic amines) is 1. The average molecular weight is 301 g/mol. The molecule has 1 saturated heterocycles. The Morgan fingerprint density at radius 3 is 2.62 bits per heavy atom. The Balaban J connectivity index is 1.74. The highest BCUT2D eigenvalue weighted by Crippen LogP contribution is 2.30. The number of nitrogens with zero attached hydrogens (tertiary/aromatic N) is 1. The molecule has 1 aliphatic rings. The number of hydrogen-bond donors (Lipinski definition) is 1. The van der Waals surface area contributed by atoms with Gasteiger partial charge in [0.15, 0.2) is 0 Å². The van der Waals surface area contributed by atoms with Crippen molar-refractivity contribution in [2.75, 3.05) is 20.1 Å². The molecule has 0 spiro atoms. The van der Waals surface area contributed by atoms with E-state index in [1.165, 1.54) is 11.1 Å². The van der Waals surface area contributed by atoms with Crippen molar-refractivity contribution in [3.8, 4) is 0 Å². The van der Waals surface area contributed by atoms with Crippen molar-refractivity contribution in [1.82, 2.24) is 10.2 Å². The highest BCUT2D eigenvalue weighted by atomic mass is 35.5. The first-order valence-corrected chi connectivity index (χ1v) is 7.83. The molecule has 0 aliphatic carbocycles. The highest BCUT2D eigenvalue weighted by Gasteiger charge is 2.32. The van der Waals surface area contributed by atoms with Crippen molar-refractivity contribution in [3.05, 3.63) is 70.7 Å². The Labute approximate surface area is 131 Å². The maximum atomic E-state index is 6.15. The van der Waals surface area contributed by atoms with E-state index < -0.39 is 0 Å². The average Bonchev–Trinajstić information content (AvgIpc) is 2.91. The summed E-state index contributed by atoms with van der Waals surface area (Å²) in [5, 5.41) is 4.29. The smallest absolute Gasteiger partial charge is 0.0408 e. The molecule has 0 bridgehead atoms. The van der Waals surface area contributed by atoms with Crippen LogP contribution in [0.1, 0.15) is 17.0 Å². The molecule has 0 radical (unpaired) electrons. The van der Waals surface area contributed by atoms with Crippen LogP contribution in [0, 0.1) is 0 Å². The molecule has 0 unspecified atom stereocenters. The van der Waals surface area contributed by atoms with E-state index in [-0.39, 0.29) is 0 Å². The second-order valence-electron chi connectivity index (χ2n) is 5.74. The van der Waals surface area contributed by atoms with Gasteiger partial charge in [-0.15, -0.1) is 0 Å². The topological polar surface area (TPSA) is 15.3 Å². The molecule has 3 rings (SSSR count). The fourth-order valence-electron chi connectivity index (χ4n) is 3.22. The minimum atomic E-state index is 0.479. The van der Waals surface area contributed by atoms with Crippen LogP contribution in [0.4, 0.5) is 0 Å². The van der Waals surface area contributed by atoms with Crippen LogP contribution in [0.3, 0.4) is 0 Å². The normalized spacial score (nSPS) is 22.6. The zero-order valence-corrected chi connectivity index (χ0v) is 13.1. The van der Waals surface area contributed by atoms with Gasteiger partial charge in [0.05, 0.1) is 0 Å². The van der Waals surface area contributed by atoms with Crippen molar-refractivity contribution >= 4 is 11.6 Å². The van der Waals surface area contributed by atoms with E-state index in [0.717, 1.165) is 24.7 Å². The minimum Gasteiger partial charge on any atom is -0.315 e. The van der Waals surface area contributed by atoms with Crippen LogP contribution in [0.5, 0.6) is 0 Å². The summed E-state index contributed by atoms with van der Waals surface area (Å²) < 4.78 is 0. The summed E-state index contributed by atoms with van der Waals surface area (Å²) in [7, 11) is 2.05. The summed E-state index contributed by atoms with van der Waals surface area (Å²) in [6.07, 6.45) is 0. The Morgan fingerprint density at radius 1 is 1.10 bits per heavy atom. The number of likely N-dealkylation sites (N-methyl/N-ethyl adjacent to an activating group) is 1. The van der Waals surface area contributed by atoms with Crippen molar-refractivity contribution < 1.29 is 0 Å². The molecule has 1 fully saturated rings. The van der Waals surface area contributed by atoms with Gasteiger partial charge in [0.2, 0.25) is 0 Å². The summed E-state index contributed by atoms with van der Waals surface area (Å²) in [4.78, 5) is 2.52. The lowest BCUT2D eigenvalue weighted by atomic mass is 9.94. The van der Waals surface area contributed by atoms with Crippen LogP contribution in [-0.4, -0.2) is 31.1 Å². The SMILES string of the molecule is CN[C@H]1CN(Cc2ccccc2)C[C@@H]1c1cccc(Cl)c1. The highest BCUT2D eigenvalue weighted by molar-refractivity contribution is 6.30. The van der Waals surface area contributed by atoms with E-state index >= 15 is 0 Å². The predicted octanol–water partition coefficient (Wildman–Crippen LogP) is 3.53. The molecular weight excluding hydrogens is 280 g/mol. The summed E-state index contributed by atoms with van der Waals surface area (Å²) in [5.74, 6) is 0.498. The first-order chi connectivity index (χ1) is 10.3. The first kappa shape index (κ1) is 14.6. The lowest BCUT2D eigenvalue weighted by molar-refractivity contribution is 0.320. The molecular formula is C18H21ClN2. The van der Waals surface area contributed by atoms with Crippen molar-refractivity contribution in [2.45, 2.75) is 18.5 Å². The third-order valence-electron chi connectivity index (χ3n) is 4.29. The standard InChI is InChI=1S/C18H21ClN2/c1-20-18-13-21(11-14-6-3-2-4-7-14)12-17(18)15-8-5-9-16(19)10-15/h2-10,17-18,20H,11-13H2,1H3/t17-,18+/m1/s1. The Kier molecular flexibility index (Phi) is 4.59. The molecule has 0 aromatic heterocycles. The van der Waals surface area contributed by atoms with Crippen LogP contribution in [0.2, 0.25) is 5.02 Å². The van der Waals surface area contributed by atoms with E-state index in [2.05, 4.69) is 52.7 Å². The second kappa shape index (κ2) is 6.61. The third kappa shape index (κ3) is 3.46. The fraction of sp³-hybridized carbons (Fsp3) is 0.333. The van der Waals surface area contributed by atoms with Crippen molar-refractivity contribution in [3.63, 3.8) is 0 Å². The quantitative estimate of drug-likeness (QED) is 0.929. The number of halogens is 1. The van der Waals surface area contributed by atoms with E-state index in [1.54, 1.807) is 0 Å². The number of benzene rings is 2.